The van der Waals surface area contributed by atoms with Crippen LogP contribution in [0.15, 0.2) is 67.0 Å². The summed E-state index contributed by atoms with van der Waals surface area (Å²) in [7, 11) is 1.58. The Kier molecular flexibility index (Phi) is 6.43. The highest BCUT2D eigenvalue weighted by molar-refractivity contribution is 5.85. The number of methoxy groups -OCH3 is 1. The summed E-state index contributed by atoms with van der Waals surface area (Å²) < 4.78 is 17.6. The number of rotatable bonds is 8. The Labute approximate surface area is 157 Å². The first-order valence-electron chi connectivity index (χ1n) is 8.50. The molecule has 0 aliphatic rings. The van der Waals surface area contributed by atoms with E-state index in [1.54, 1.807) is 48.5 Å². The van der Waals surface area contributed by atoms with Gasteiger partial charge in [-0.05, 0) is 29.8 Å². The monoisotopic (exact) mass is 367 g/mol. The first-order chi connectivity index (χ1) is 13.2. The quantitative estimate of drug-likeness (QED) is 0.614. The van der Waals surface area contributed by atoms with E-state index < -0.39 is 6.09 Å². The van der Waals surface area contributed by atoms with E-state index in [0.717, 1.165) is 5.56 Å². The Hall–Kier alpha value is -3.32. The molecule has 27 heavy (non-hydrogen) atoms. The highest BCUT2D eigenvalue weighted by Gasteiger charge is 2.07. The Morgan fingerprint density at radius 2 is 1.81 bits per heavy atom. The summed E-state index contributed by atoms with van der Waals surface area (Å²) in [6, 6.07) is 16.7. The standard InChI is InChI=1S/C20H21N3O4/c1-25-18-7-9-19(10-8-18)27-20(24)22-17-13-21-23(14-17)11-12-26-15-16-5-3-2-4-6-16/h2-10,13-14H,11-12,15H2,1H3,(H,22,24). The van der Waals surface area contributed by atoms with Crippen molar-refractivity contribution in [2.45, 2.75) is 13.2 Å². The molecule has 0 spiro atoms. The number of ether oxygens (including phenoxy) is 3. The molecule has 0 aliphatic heterocycles. The van der Waals surface area contributed by atoms with E-state index in [2.05, 4.69) is 10.4 Å². The molecule has 2 aromatic carbocycles. The largest absolute Gasteiger partial charge is 0.497 e. The summed E-state index contributed by atoms with van der Waals surface area (Å²) in [6.45, 7) is 1.66. The Morgan fingerprint density at radius 1 is 1.07 bits per heavy atom. The maximum Gasteiger partial charge on any atom is 0.417 e. The summed E-state index contributed by atoms with van der Waals surface area (Å²) >= 11 is 0. The summed E-state index contributed by atoms with van der Waals surface area (Å²) in [6.07, 6.45) is 2.70. The Bertz CT molecular complexity index is 847. The van der Waals surface area contributed by atoms with Gasteiger partial charge in [0.05, 0.1) is 38.8 Å². The molecule has 1 aromatic heterocycles. The molecule has 7 nitrogen and oxygen atoms in total. The SMILES string of the molecule is COc1ccc(OC(=O)Nc2cnn(CCOCc3ccccc3)c2)cc1. The number of hydrogen-bond acceptors (Lipinski definition) is 5. The number of benzene rings is 2. The van der Waals surface area contributed by atoms with Crippen molar-refractivity contribution in [3.05, 3.63) is 72.6 Å². The number of aromatic nitrogens is 2. The van der Waals surface area contributed by atoms with E-state index in [4.69, 9.17) is 14.2 Å². The van der Waals surface area contributed by atoms with Gasteiger partial charge in [0.15, 0.2) is 0 Å². The average molecular weight is 367 g/mol. The molecule has 0 atom stereocenters. The molecule has 7 heteroatoms. The molecular formula is C20H21N3O4. The molecule has 140 valence electrons. The molecular weight excluding hydrogens is 346 g/mol. The number of carbonyl (C=O) groups is 1. The maximum absolute atomic E-state index is 11.9. The third-order valence-electron chi connectivity index (χ3n) is 3.73. The van der Waals surface area contributed by atoms with Crippen LogP contribution in [0.4, 0.5) is 10.5 Å². The summed E-state index contributed by atoms with van der Waals surface area (Å²) in [5.74, 6) is 1.12. The second-order valence-corrected chi connectivity index (χ2v) is 5.72. The van der Waals surface area contributed by atoms with E-state index in [0.29, 0.717) is 36.9 Å². The molecule has 0 aliphatic carbocycles. The van der Waals surface area contributed by atoms with Crippen LogP contribution in [0.25, 0.3) is 0 Å². The highest BCUT2D eigenvalue weighted by atomic mass is 16.6. The van der Waals surface area contributed by atoms with Gasteiger partial charge in [-0.3, -0.25) is 10.00 Å². The first kappa shape index (κ1) is 18.5. The number of anilines is 1. The van der Waals surface area contributed by atoms with Gasteiger partial charge in [-0.15, -0.1) is 0 Å². The number of nitrogens with zero attached hydrogens (tertiary/aromatic N) is 2. The fourth-order valence-corrected chi connectivity index (χ4v) is 2.37. The van der Waals surface area contributed by atoms with Crippen LogP contribution in [0.5, 0.6) is 11.5 Å². The molecule has 0 bridgehead atoms. The number of hydrogen-bond donors (Lipinski definition) is 1. The molecule has 3 aromatic rings. The zero-order chi connectivity index (χ0) is 18.9. The minimum Gasteiger partial charge on any atom is -0.497 e. The third-order valence-corrected chi connectivity index (χ3v) is 3.73. The van der Waals surface area contributed by atoms with Gasteiger partial charge >= 0.3 is 6.09 Å². The molecule has 0 saturated heterocycles. The van der Waals surface area contributed by atoms with Gasteiger partial charge in [-0.1, -0.05) is 30.3 Å². The molecule has 0 fully saturated rings. The third kappa shape index (κ3) is 5.86. The van der Waals surface area contributed by atoms with Crippen LogP contribution in [-0.2, 0) is 17.9 Å². The molecule has 0 saturated carbocycles. The lowest BCUT2D eigenvalue weighted by atomic mass is 10.2. The lowest BCUT2D eigenvalue weighted by molar-refractivity contribution is 0.111. The van der Waals surface area contributed by atoms with Crippen LogP contribution in [0.2, 0.25) is 0 Å². The average Bonchev–Trinajstić information content (AvgIpc) is 3.14. The van der Waals surface area contributed by atoms with Gasteiger partial charge in [0, 0.05) is 6.20 Å². The number of nitrogens with one attached hydrogen (secondary N) is 1. The van der Waals surface area contributed by atoms with Crippen molar-refractivity contribution >= 4 is 11.8 Å². The lowest BCUT2D eigenvalue weighted by Crippen LogP contribution is -2.16. The van der Waals surface area contributed by atoms with Gasteiger partial charge in [-0.2, -0.15) is 5.10 Å². The van der Waals surface area contributed by atoms with Crippen molar-refractivity contribution < 1.29 is 19.0 Å². The van der Waals surface area contributed by atoms with Gasteiger partial charge in [0.25, 0.3) is 0 Å². The van der Waals surface area contributed by atoms with Gasteiger partial charge in [-0.25, -0.2) is 4.79 Å². The zero-order valence-electron chi connectivity index (χ0n) is 15.0. The fourth-order valence-electron chi connectivity index (χ4n) is 2.37. The van der Waals surface area contributed by atoms with Crippen LogP contribution in [-0.4, -0.2) is 29.6 Å². The molecule has 0 unspecified atom stereocenters. The highest BCUT2D eigenvalue weighted by Crippen LogP contribution is 2.17. The van der Waals surface area contributed by atoms with E-state index >= 15 is 0 Å². The van der Waals surface area contributed by atoms with Crippen molar-refractivity contribution in [3.8, 4) is 11.5 Å². The van der Waals surface area contributed by atoms with Crippen LogP contribution in [0, 0.1) is 0 Å². The van der Waals surface area contributed by atoms with Crippen molar-refractivity contribution in [3.63, 3.8) is 0 Å². The normalized spacial score (nSPS) is 10.4. The fraction of sp³-hybridized carbons (Fsp3) is 0.200. The van der Waals surface area contributed by atoms with Crippen molar-refractivity contribution in [2.75, 3.05) is 19.0 Å². The molecule has 0 radical (unpaired) electrons. The minimum absolute atomic E-state index is 0.426. The van der Waals surface area contributed by atoms with Crippen LogP contribution < -0.4 is 14.8 Å². The minimum atomic E-state index is -0.583. The Balaban J connectivity index is 1.41. The van der Waals surface area contributed by atoms with E-state index in [9.17, 15) is 4.79 Å². The van der Waals surface area contributed by atoms with Crippen molar-refractivity contribution in [1.82, 2.24) is 9.78 Å². The predicted molar refractivity (Wildman–Crippen MR) is 101 cm³/mol. The lowest BCUT2D eigenvalue weighted by Gasteiger charge is -2.06. The number of carbonyl (C=O) groups excluding carboxylic acids is 1. The van der Waals surface area contributed by atoms with Gasteiger partial charge < -0.3 is 14.2 Å². The smallest absolute Gasteiger partial charge is 0.417 e. The second kappa shape index (κ2) is 9.40. The van der Waals surface area contributed by atoms with E-state index in [1.165, 1.54) is 0 Å². The van der Waals surface area contributed by atoms with Crippen molar-refractivity contribution in [1.29, 1.82) is 0 Å². The first-order valence-corrected chi connectivity index (χ1v) is 8.50. The molecule has 1 heterocycles. The summed E-state index contributed by atoms with van der Waals surface area (Å²) in [5, 5.41) is 6.83. The Morgan fingerprint density at radius 3 is 2.56 bits per heavy atom. The van der Waals surface area contributed by atoms with Gasteiger partial charge in [0.2, 0.25) is 0 Å². The van der Waals surface area contributed by atoms with Crippen molar-refractivity contribution in [2.24, 2.45) is 0 Å². The van der Waals surface area contributed by atoms with E-state index in [1.807, 2.05) is 30.3 Å². The topological polar surface area (TPSA) is 74.6 Å². The summed E-state index contributed by atoms with van der Waals surface area (Å²) in [5.41, 5.74) is 1.68. The van der Waals surface area contributed by atoms with E-state index in [-0.39, 0.29) is 0 Å². The predicted octanol–water partition coefficient (Wildman–Crippen LogP) is 3.72. The maximum atomic E-state index is 11.9. The summed E-state index contributed by atoms with van der Waals surface area (Å²) in [4.78, 5) is 11.9. The molecule has 1 N–H and O–H groups in total. The molecule has 3 rings (SSSR count). The van der Waals surface area contributed by atoms with Crippen LogP contribution >= 0.6 is 0 Å². The van der Waals surface area contributed by atoms with Crippen LogP contribution in [0.3, 0.4) is 0 Å². The molecule has 1 amide bonds. The van der Waals surface area contributed by atoms with Gasteiger partial charge in [0.1, 0.15) is 11.5 Å². The second-order valence-electron chi connectivity index (χ2n) is 5.72. The van der Waals surface area contributed by atoms with Crippen LogP contribution in [0.1, 0.15) is 5.56 Å². The zero-order valence-corrected chi connectivity index (χ0v) is 15.0. The number of amides is 1.